The fourth-order valence-corrected chi connectivity index (χ4v) is 1.47. The lowest BCUT2D eigenvalue weighted by Crippen LogP contribution is -2.19. The maximum atomic E-state index is 8.65. The molecule has 0 unspecified atom stereocenters. The average molecular weight is 193 g/mol. The molecule has 0 radical (unpaired) electrons. The van der Waals surface area contributed by atoms with Crippen LogP contribution in [0.3, 0.4) is 0 Å². The first kappa shape index (κ1) is 11.2. The molecule has 1 aromatic carbocycles. The molecular formula is C12H19NO. The van der Waals surface area contributed by atoms with Crippen LogP contribution in [0.2, 0.25) is 0 Å². The van der Waals surface area contributed by atoms with Crippen LogP contribution in [-0.4, -0.2) is 30.2 Å². The summed E-state index contributed by atoms with van der Waals surface area (Å²) in [6.07, 6.45) is 1.97. The second kappa shape index (κ2) is 6.57. The van der Waals surface area contributed by atoms with Gasteiger partial charge in [0.2, 0.25) is 0 Å². The van der Waals surface area contributed by atoms with Crippen molar-refractivity contribution in [2.24, 2.45) is 0 Å². The number of aliphatic hydroxyl groups excluding tert-OH is 1. The standard InChI is InChI=1S/C12H19NO/c1-13(9-5-6-10-14)11-12-7-3-2-4-8-12/h2-4,7-8,14H,5-6,9-11H2,1H3. The Morgan fingerprint density at radius 1 is 1.14 bits per heavy atom. The van der Waals surface area contributed by atoms with Crippen molar-refractivity contribution in [3.63, 3.8) is 0 Å². The summed E-state index contributed by atoms with van der Waals surface area (Å²) in [7, 11) is 2.12. The highest BCUT2D eigenvalue weighted by atomic mass is 16.2. The van der Waals surface area contributed by atoms with Gasteiger partial charge in [0, 0.05) is 13.2 Å². The van der Waals surface area contributed by atoms with E-state index >= 15 is 0 Å². The molecule has 2 heteroatoms. The van der Waals surface area contributed by atoms with E-state index in [1.165, 1.54) is 5.56 Å². The van der Waals surface area contributed by atoms with Crippen molar-refractivity contribution in [1.82, 2.24) is 4.90 Å². The number of rotatable bonds is 6. The van der Waals surface area contributed by atoms with Crippen LogP contribution < -0.4 is 0 Å². The van der Waals surface area contributed by atoms with Gasteiger partial charge in [-0.05, 0) is 32.0 Å². The number of nitrogens with zero attached hydrogens (tertiary/aromatic N) is 1. The molecule has 0 spiro atoms. The molecule has 0 aliphatic carbocycles. The number of unbranched alkanes of at least 4 members (excludes halogenated alkanes) is 1. The van der Waals surface area contributed by atoms with Crippen LogP contribution in [0.4, 0.5) is 0 Å². The summed E-state index contributed by atoms with van der Waals surface area (Å²) in [5.41, 5.74) is 1.35. The minimum atomic E-state index is 0.305. The van der Waals surface area contributed by atoms with Gasteiger partial charge in [-0.25, -0.2) is 0 Å². The molecule has 1 aromatic rings. The Bertz CT molecular complexity index is 235. The first-order valence-electron chi connectivity index (χ1n) is 5.16. The Morgan fingerprint density at radius 2 is 1.86 bits per heavy atom. The predicted octanol–water partition coefficient (Wildman–Crippen LogP) is 1.89. The molecule has 0 bridgehead atoms. The predicted molar refractivity (Wildman–Crippen MR) is 59.1 cm³/mol. The molecule has 0 saturated heterocycles. The topological polar surface area (TPSA) is 23.5 Å². The quantitative estimate of drug-likeness (QED) is 0.697. The van der Waals surface area contributed by atoms with Gasteiger partial charge in [0.15, 0.2) is 0 Å². The maximum Gasteiger partial charge on any atom is 0.0431 e. The number of aliphatic hydroxyl groups is 1. The van der Waals surface area contributed by atoms with Gasteiger partial charge in [-0.3, -0.25) is 0 Å². The van der Waals surface area contributed by atoms with Gasteiger partial charge < -0.3 is 10.0 Å². The highest BCUT2D eigenvalue weighted by Gasteiger charge is 1.98. The van der Waals surface area contributed by atoms with Crippen LogP contribution in [0.1, 0.15) is 18.4 Å². The molecule has 0 saturated carbocycles. The van der Waals surface area contributed by atoms with E-state index in [0.717, 1.165) is 25.9 Å². The van der Waals surface area contributed by atoms with E-state index in [9.17, 15) is 0 Å². The highest BCUT2D eigenvalue weighted by molar-refractivity contribution is 5.14. The summed E-state index contributed by atoms with van der Waals surface area (Å²) in [5, 5.41) is 8.65. The monoisotopic (exact) mass is 193 g/mol. The van der Waals surface area contributed by atoms with Crippen LogP contribution in [0.15, 0.2) is 30.3 Å². The fourth-order valence-electron chi connectivity index (χ4n) is 1.47. The van der Waals surface area contributed by atoms with Crippen molar-refractivity contribution in [3.8, 4) is 0 Å². The van der Waals surface area contributed by atoms with Gasteiger partial charge in [-0.2, -0.15) is 0 Å². The molecule has 1 rings (SSSR count). The van der Waals surface area contributed by atoms with Crippen molar-refractivity contribution in [1.29, 1.82) is 0 Å². The maximum absolute atomic E-state index is 8.65. The Labute approximate surface area is 86.2 Å². The Hall–Kier alpha value is -0.860. The first-order valence-corrected chi connectivity index (χ1v) is 5.16. The van der Waals surface area contributed by atoms with Gasteiger partial charge in [-0.15, -0.1) is 0 Å². The second-order valence-corrected chi connectivity index (χ2v) is 3.65. The SMILES string of the molecule is CN(CCCCO)Cc1ccccc1. The molecule has 1 N–H and O–H groups in total. The average Bonchev–Trinajstić information content (AvgIpc) is 2.20. The zero-order valence-corrected chi connectivity index (χ0v) is 8.82. The zero-order valence-electron chi connectivity index (χ0n) is 8.82. The van der Waals surface area contributed by atoms with Crippen LogP contribution in [-0.2, 0) is 6.54 Å². The lowest BCUT2D eigenvalue weighted by atomic mass is 10.2. The summed E-state index contributed by atoms with van der Waals surface area (Å²) >= 11 is 0. The van der Waals surface area contributed by atoms with Crippen molar-refractivity contribution in [2.45, 2.75) is 19.4 Å². The number of benzene rings is 1. The van der Waals surface area contributed by atoms with E-state index in [1.54, 1.807) is 0 Å². The third-order valence-electron chi connectivity index (χ3n) is 2.24. The fraction of sp³-hybridized carbons (Fsp3) is 0.500. The molecule has 2 nitrogen and oxygen atoms in total. The molecule has 0 aliphatic heterocycles. The minimum absolute atomic E-state index is 0.305. The largest absolute Gasteiger partial charge is 0.396 e. The van der Waals surface area contributed by atoms with Crippen molar-refractivity contribution in [2.75, 3.05) is 20.2 Å². The third kappa shape index (κ3) is 4.40. The van der Waals surface area contributed by atoms with E-state index in [4.69, 9.17) is 5.11 Å². The van der Waals surface area contributed by atoms with Crippen molar-refractivity contribution < 1.29 is 5.11 Å². The molecule has 78 valence electrons. The number of hydrogen-bond acceptors (Lipinski definition) is 2. The van der Waals surface area contributed by atoms with Gasteiger partial charge >= 0.3 is 0 Å². The van der Waals surface area contributed by atoms with E-state index in [2.05, 4.69) is 36.2 Å². The van der Waals surface area contributed by atoms with Crippen molar-refractivity contribution >= 4 is 0 Å². The molecule has 0 aromatic heterocycles. The van der Waals surface area contributed by atoms with Gasteiger partial charge in [0.1, 0.15) is 0 Å². The molecule has 0 aliphatic rings. The van der Waals surface area contributed by atoms with E-state index in [0.29, 0.717) is 6.61 Å². The summed E-state index contributed by atoms with van der Waals surface area (Å²) in [5.74, 6) is 0. The first-order chi connectivity index (χ1) is 6.83. The smallest absolute Gasteiger partial charge is 0.0431 e. The van der Waals surface area contributed by atoms with Crippen LogP contribution in [0, 0.1) is 0 Å². The summed E-state index contributed by atoms with van der Waals surface area (Å²) in [6, 6.07) is 10.5. The Balaban J connectivity index is 2.23. The minimum Gasteiger partial charge on any atom is -0.396 e. The lowest BCUT2D eigenvalue weighted by Gasteiger charge is -2.15. The third-order valence-corrected chi connectivity index (χ3v) is 2.24. The van der Waals surface area contributed by atoms with Gasteiger partial charge in [0.05, 0.1) is 0 Å². The van der Waals surface area contributed by atoms with Gasteiger partial charge in [-0.1, -0.05) is 30.3 Å². The Morgan fingerprint density at radius 3 is 2.50 bits per heavy atom. The lowest BCUT2D eigenvalue weighted by molar-refractivity contribution is 0.261. The summed E-state index contributed by atoms with van der Waals surface area (Å²) < 4.78 is 0. The molecule has 14 heavy (non-hydrogen) atoms. The highest BCUT2D eigenvalue weighted by Crippen LogP contribution is 2.03. The summed E-state index contributed by atoms with van der Waals surface area (Å²) in [6.45, 7) is 2.35. The van der Waals surface area contributed by atoms with E-state index in [-0.39, 0.29) is 0 Å². The molecule has 0 heterocycles. The molecular weight excluding hydrogens is 174 g/mol. The van der Waals surface area contributed by atoms with Crippen LogP contribution in [0.5, 0.6) is 0 Å². The van der Waals surface area contributed by atoms with Crippen molar-refractivity contribution in [3.05, 3.63) is 35.9 Å². The normalized spacial score (nSPS) is 10.8. The second-order valence-electron chi connectivity index (χ2n) is 3.65. The van der Waals surface area contributed by atoms with Gasteiger partial charge in [0.25, 0.3) is 0 Å². The van der Waals surface area contributed by atoms with Crippen LogP contribution in [0.25, 0.3) is 0 Å². The molecule has 0 atom stereocenters. The zero-order chi connectivity index (χ0) is 10.2. The van der Waals surface area contributed by atoms with Crippen LogP contribution >= 0.6 is 0 Å². The van der Waals surface area contributed by atoms with E-state index in [1.807, 2.05) is 6.07 Å². The molecule has 0 amide bonds. The van der Waals surface area contributed by atoms with E-state index < -0.39 is 0 Å². The summed E-state index contributed by atoms with van der Waals surface area (Å²) in [4.78, 5) is 2.28. The number of hydrogen-bond donors (Lipinski definition) is 1. The molecule has 0 fully saturated rings. The Kier molecular flexibility index (Phi) is 5.27.